The van der Waals surface area contributed by atoms with Crippen LogP contribution in [0.4, 0.5) is 15.8 Å². The van der Waals surface area contributed by atoms with Crippen LogP contribution in [0.15, 0.2) is 48.5 Å². The number of nitrogens with zero attached hydrogens (tertiary/aromatic N) is 3. The Labute approximate surface area is 181 Å². The highest BCUT2D eigenvalue weighted by Crippen LogP contribution is 2.20. The van der Waals surface area contributed by atoms with E-state index in [2.05, 4.69) is 4.90 Å². The van der Waals surface area contributed by atoms with Crippen LogP contribution in [0.5, 0.6) is 5.75 Å². The number of anilines is 1. The standard InChI is InChI=1S/C19H22FN3O4.2ClH/c20-18-3-1-2-4-19(18)22-11-9-21(10-12-22)13-16(24)14-27-17-7-5-15(6-8-17)23(25)26;;/h1-8,16,24H,9-14H2;2*1H. The normalized spacial score (nSPS) is 15.0. The first-order chi connectivity index (χ1) is 13.0. The third-order valence-corrected chi connectivity index (χ3v) is 4.52. The molecule has 0 bridgehead atoms. The zero-order valence-corrected chi connectivity index (χ0v) is 17.3. The molecule has 1 N–H and O–H groups in total. The van der Waals surface area contributed by atoms with Crippen LogP contribution in [0, 0.1) is 15.9 Å². The highest BCUT2D eigenvalue weighted by molar-refractivity contribution is 5.85. The van der Waals surface area contributed by atoms with Crippen LogP contribution >= 0.6 is 24.8 Å². The minimum absolute atomic E-state index is 0. The number of piperazine rings is 1. The molecule has 0 saturated carbocycles. The van der Waals surface area contributed by atoms with Gasteiger partial charge in [-0.05, 0) is 24.3 Å². The second-order valence-electron chi connectivity index (χ2n) is 6.45. The van der Waals surface area contributed by atoms with Crippen LogP contribution in [0.3, 0.4) is 0 Å². The number of nitro groups is 1. The lowest BCUT2D eigenvalue weighted by Crippen LogP contribution is -2.49. The summed E-state index contributed by atoms with van der Waals surface area (Å²) in [7, 11) is 0. The summed E-state index contributed by atoms with van der Waals surface area (Å²) in [5.74, 6) is 0.256. The molecular weight excluding hydrogens is 424 g/mol. The SMILES string of the molecule is Cl.Cl.O=[N+]([O-])c1ccc(OCC(O)CN2CCN(c3ccccc3F)CC2)cc1. The van der Waals surface area contributed by atoms with Crippen molar-refractivity contribution in [1.29, 1.82) is 0 Å². The number of halogens is 3. The summed E-state index contributed by atoms with van der Waals surface area (Å²) in [5.41, 5.74) is 0.606. The maximum atomic E-state index is 13.9. The summed E-state index contributed by atoms with van der Waals surface area (Å²) in [6.45, 7) is 3.39. The van der Waals surface area contributed by atoms with E-state index in [1.54, 1.807) is 12.1 Å². The number of ether oxygens (including phenoxy) is 1. The Bertz CT molecular complexity index is 774. The van der Waals surface area contributed by atoms with Crippen molar-refractivity contribution in [2.45, 2.75) is 6.10 Å². The van der Waals surface area contributed by atoms with Gasteiger partial charge in [0.1, 0.15) is 24.3 Å². The summed E-state index contributed by atoms with van der Waals surface area (Å²) < 4.78 is 19.4. The summed E-state index contributed by atoms with van der Waals surface area (Å²) in [5, 5.41) is 20.8. The third-order valence-electron chi connectivity index (χ3n) is 4.52. The molecule has 1 aliphatic heterocycles. The first-order valence-corrected chi connectivity index (χ1v) is 8.80. The smallest absolute Gasteiger partial charge is 0.269 e. The van der Waals surface area contributed by atoms with Gasteiger partial charge in [-0.1, -0.05) is 12.1 Å². The van der Waals surface area contributed by atoms with E-state index in [9.17, 15) is 19.6 Å². The van der Waals surface area contributed by atoms with Crippen molar-refractivity contribution in [3.63, 3.8) is 0 Å². The van der Waals surface area contributed by atoms with E-state index in [1.165, 1.54) is 30.3 Å². The lowest BCUT2D eigenvalue weighted by Gasteiger charge is -2.36. The van der Waals surface area contributed by atoms with Gasteiger partial charge in [0.2, 0.25) is 0 Å². The van der Waals surface area contributed by atoms with Gasteiger partial charge in [-0.15, -0.1) is 24.8 Å². The number of β-amino-alcohol motifs (C(OH)–C–C–N with tert-alkyl or cyclic N) is 1. The molecule has 2 aromatic rings. The fourth-order valence-corrected chi connectivity index (χ4v) is 3.09. The summed E-state index contributed by atoms with van der Waals surface area (Å²) in [6.07, 6.45) is -0.680. The van der Waals surface area contributed by atoms with Gasteiger partial charge in [0, 0.05) is 44.9 Å². The second kappa shape index (κ2) is 11.8. The first-order valence-electron chi connectivity index (χ1n) is 8.80. The van der Waals surface area contributed by atoms with E-state index < -0.39 is 11.0 Å². The number of nitro benzene ring substituents is 1. The molecular formula is C19H24Cl2FN3O4. The Kier molecular flexibility index (Phi) is 10.1. The number of non-ortho nitro benzene ring substituents is 1. The first kappa shape index (κ1) is 24.9. The van der Waals surface area contributed by atoms with E-state index in [4.69, 9.17) is 4.74 Å². The third kappa shape index (κ3) is 7.01. The minimum atomic E-state index is -0.680. The number of para-hydroxylation sites is 1. The number of aliphatic hydroxyl groups excluding tert-OH is 1. The monoisotopic (exact) mass is 447 g/mol. The topological polar surface area (TPSA) is 79.1 Å². The van der Waals surface area contributed by atoms with Crippen LogP contribution in [-0.4, -0.2) is 60.4 Å². The molecule has 1 unspecified atom stereocenters. The van der Waals surface area contributed by atoms with E-state index in [0.717, 1.165) is 13.1 Å². The number of hydrogen-bond donors (Lipinski definition) is 1. The number of hydrogen-bond acceptors (Lipinski definition) is 6. The van der Waals surface area contributed by atoms with Gasteiger partial charge in [-0.2, -0.15) is 0 Å². The maximum Gasteiger partial charge on any atom is 0.269 e. The van der Waals surface area contributed by atoms with E-state index >= 15 is 0 Å². The van der Waals surface area contributed by atoms with Crippen molar-refractivity contribution >= 4 is 36.2 Å². The quantitative estimate of drug-likeness (QED) is 0.518. The van der Waals surface area contributed by atoms with Crippen molar-refractivity contribution in [3.8, 4) is 5.75 Å². The van der Waals surface area contributed by atoms with Crippen molar-refractivity contribution in [2.75, 3.05) is 44.2 Å². The fourth-order valence-electron chi connectivity index (χ4n) is 3.09. The molecule has 0 radical (unpaired) electrons. The predicted octanol–water partition coefficient (Wildman–Crippen LogP) is 3.14. The van der Waals surface area contributed by atoms with Crippen molar-refractivity contribution < 1.29 is 19.2 Å². The maximum absolute atomic E-state index is 13.9. The average molecular weight is 448 g/mol. The molecule has 7 nitrogen and oxygen atoms in total. The molecule has 1 heterocycles. The Morgan fingerprint density at radius 1 is 1.07 bits per heavy atom. The van der Waals surface area contributed by atoms with Gasteiger partial charge in [0.15, 0.2) is 0 Å². The van der Waals surface area contributed by atoms with Gasteiger partial charge in [-0.3, -0.25) is 15.0 Å². The molecule has 2 aromatic carbocycles. The molecule has 29 heavy (non-hydrogen) atoms. The molecule has 1 fully saturated rings. The molecule has 0 amide bonds. The Morgan fingerprint density at radius 2 is 1.69 bits per heavy atom. The molecule has 0 aliphatic carbocycles. The van der Waals surface area contributed by atoms with E-state index in [-0.39, 0.29) is 42.9 Å². The van der Waals surface area contributed by atoms with Crippen LogP contribution in [-0.2, 0) is 0 Å². The second-order valence-corrected chi connectivity index (χ2v) is 6.45. The van der Waals surface area contributed by atoms with Crippen molar-refractivity contribution in [3.05, 3.63) is 64.5 Å². The molecule has 160 valence electrons. The zero-order valence-electron chi connectivity index (χ0n) is 15.6. The molecule has 3 rings (SSSR count). The predicted molar refractivity (Wildman–Crippen MR) is 114 cm³/mol. The van der Waals surface area contributed by atoms with Crippen LogP contribution in [0.1, 0.15) is 0 Å². The molecule has 1 aliphatic rings. The minimum Gasteiger partial charge on any atom is -0.491 e. The number of rotatable bonds is 7. The summed E-state index contributed by atoms with van der Waals surface area (Å²) in [6, 6.07) is 12.5. The van der Waals surface area contributed by atoms with Crippen LogP contribution in [0.2, 0.25) is 0 Å². The Balaban J connectivity index is 0.00000210. The van der Waals surface area contributed by atoms with Crippen molar-refractivity contribution in [2.24, 2.45) is 0 Å². The van der Waals surface area contributed by atoms with Gasteiger partial charge in [-0.25, -0.2) is 4.39 Å². The Morgan fingerprint density at radius 3 is 2.28 bits per heavy atom. The lowest BCUT2D eigenvalue weighted by molar-refractivity contribution is -0.384. The summed E-state index contributed by atoms with van der Waals surface area (Å²) in [4.78, 5) is 14.3. The van der Waals surface area contributed by atoms with Crippen molar-refractivity contribution in [1.82, 2.24) is 4.90 Å². The fraction of sp³-hybridized carbons (Fsp3) is 0.368. The molecule has 1 atom stereocenters. The number of aliphatic hydroxyl groups is 1. The summed E-state index contributed by atoms with van der Waals surface area (Å²) >= 11 is 0. The highest BCUT2D eigenvalue weighted by Gasteiger charge is 2.21. The molecule has 10 heteroatoms. The Hall–Kier alpha value is -2.13. The molecule has 0 spiro atoms. The van der Waals surface area contributed by atoms with Crippen LogP contribution < -0.4 is 9.64 Å². The zero-order chi connectivity index (χ0) is 19.2. The highest BCUT2D eigenvalue weighted by atomic mass is 35.5. The van der Waals surface area contributed by atoms with Gasteiger partial charge in [0.05, 0.1) is 10.6 Å². The van der Waals surface area contributed by atoms with Gasteiger partial charge < -0.3 is 14.7 Å². The largest absolute Gasteiger partial charge is 0.491 e. The van der Waals surface area contributed by atoms with E-state index in [1.807, 2.05) is 11.0 Å². The average Bonchev–Trinajstić information content (AvgIpc) is 2.68. The van der Waals surface area contributed by atoms with Gasteiger partial charge >= 0.3 is 0 Å². The molecule has 0 aromatic heterocycles. The van der Waals surface area contributed by atoms with E-state index in [0.29, 0.717) is 31.1 Å². The van der Waals surface area contributed by atoms with Crippen LogP contribution in [0.25, 0.3) is 0 Å². The number of benzene rings is 2. The van der Waals surface area contributed by atoms with Gasteiger partial charge in [0.25, 0.3) is 5.69 Å². The lowest BCUT2D eigenvalue weighted by atomic mass is 10.2. The molecule has 1 saturated heterocycles.